The number of hydrogen-bond acceptors (Lipinski definition) is 5. The predicted octanol–water partition coefficient (Wildman–Crippen LogP) is 4.00. The molecular weight excluding hydrogens is 324 g/mol. The first-order valence-electron chi connectivity index (χ1n) is 8.37. The van der Waals surface area contributed by atoms with Gasteiger partial charge in [0.2, 0.25) is 5.95 Å². The summed E-state index contributed by atoms with van der Waals surface area (Å²) in [4.78, 5) is 9.02. The van der Waals surface area contributed by atoms with E-state index in [9.17, 15) is 0 Å². The minimum absolute atomic E-state index is 0.534. The lowest BCUT2D eigenvalue weighted by molar-refractivity contribution is 0.969. The number of hydrogen-bond donors (Lipinski definition) is 3. The first-order valence-corrected chi connectivity index (χ1v) is 8.37. The summed E-state index contributed by atoms with van der Waals surface area (Å²) in [5.41, 5.74) is 11.6. The van der Waals surface area contributed by atoms with Gasteiger partial charge in [0.05, 0.1) is 17.1 Å². The molecule has 6 heteroatoms. The molecule has 0 spiro atoms. The van der Waals surface area contributed by atoms with Gasteiger partial charge < -0.3 is 20.9 Å². The van der Waals surface area contributed by atoms with Gasteiger partial charge in [-0.15, -0.1) is 0 Å². The molecule has 0 saturated carbocycles. The van der Waals surface area contributed by atoms with Gasteiger partial charge in [-0.1, -0.05) is 18.2 Å². The molecule has 0 fully saturated rings. The highest BCUT2D eigenvalue weighted by atomic mass is 15.1. The molecule has 2 heterocycles. The van der Waals surface area contributed by atoms with E-state index < -0.39 is 0 Å². The molecule has 4 rings (SSSR count). The van der Waals surface area contributed by atoms with Crippen molar-refractivity contribution in [3.63, 3.8) is 0 Å². The van der Waals surface area contributed by atoms with Crippen molar-refractivity contribution in [3.8, 4) is 11.3 Å². The number of rotatable bonds is 4. The van der Waals surface area contributed by atoms with Gasteiger partial charge in [-0.25, -0.2) is 9.97 Å². The van der Waals surface area contributed by atoms with Crippen molar-refractivity contribution in [3.05, 3.63) is 60.9 Å². The Labute approximate surface area is 151 Å². The summed E-state index contributed by atoms with van der Waals surface area (Å²) < 4.78 is 2.11. The van der Waals surface area contributed by atoms with Crippen LogP contribution in [0.15, 0.2) is 60.9 Å². The van der Waals surface area contributed by atoms with Crippen LogP contribution in [0.1, 0.15) is 0 Å². The fourth-order valence-electron chi connectivity index (χ4n) is 3.11. The lowest BCUT2D eigenvalue weighted by Gasteiger charge is -2.09. The molecule has 2 aromatic heterocycles. The third-order valence-corrected chi connectivity index (χ3v) is 4.41. The van der Waals surface area contributed by atoms with Gasteiger partial charge in [0.15, 0.2) is 0 Å². The van der Waals surface area contributed by atoms with Gasteiger partial charge in [-0.3, -0.25) is 0 Å². The number of para-hydroxylation sites is 1. The van der Waals surface area contributed by atoms with Gasteiger partial charge in [0.25, 0.3) is 0 Å². The van der Waals surface area contributed by atoms with Crippen LogP contribution in [0, 0.1) is 0 Å². The fourth-order valence-corrected chi connectivity index (χ4v) is 3.11. The molecule has 0 bridgehead atoms. The van der Waals surface area contributed by atoms with Crippen LogP contribution in [0.3, 0.4) is 0 Å². The number of aromatic nitrogens is 3. The molecule has 0 radical (unpaired) electrons. The van der Waals surface area contributed by atoms with Crippen molar-refractivity contribution >= 4 is 33.9 Å². The van der Waals surface area contributed by atoms with Crippen LogP contribution in [0.5, 0.6) is 0 Å². The number of nitrogens with one attached hydrogen (secondary N) is 2. The second-order valence-corrected chi connectivity index (χ2v) is 6.11. The van der Waals surface area contributed by atoms with Crippen LogP contribution in [0.4, 0.5) is 23.0 Å². The predicted molar refractivity (Wildman–Crippen MR) is 108 cm³/mol. The first kappa shape index (κ1) is 16.0. The second-order valence-electron chi connectivity index (χ2n) is 6.11. The number of nitrogens with two attached hydrogens (primary N) is 1. The van der Waals surface area contributed by atoms with E-state index >= 15 is 0 Å². The van der Waals surface area contributed by atoms with Gasteiger partial charge in [0, 0.05) is 48.6 Å². The van der Waals surface area contributed by atoms with Crippen LogP contribution >= 0.6 is 0 Å². The number of benzene rings is 2. The molecule has 4 aromatic rings. The SMILES string of the molecule is CNc1ccc(Nc2nccc(-c3cn(C)c4ccccc34)n2)cc1N. The van der Waals surface area contributed by atoms with Crippen molar-refractivity contribution in [2.24, 2.45) is 7.05 Å². The molecule has 130 valence electrons. The molecule has 0 amide bonds. The van der Waals surface area contributed by atoms with E-state index in [1.807, 2.05) is 50.5 Å². The zero-order chi connectivity index (χ0) is 18.1. The Bertz CT molecular complexity index is 1080. The monoisotopic (exact) mass is 344 g/mol. The molecule has 0 aliphatic rings. The van der Waals surface area contributed by atoms with E-state index in [4.69, 9.17) is 5.73 Å². The second kappa shape index (κ2) is 6.40. The van der Waals surface area contributed by atoms with E-state index in [1.165, 1.54) is 10.9 Å². The quantitative estimate of drug-likeness (QED) is 0.488. The molecule has 0 atom stereocenters. The summed E-state index contributed by atoms with van der Waals surface area (Å²) in [6.07, 6.45) is 3.86. The maximum Gasteiger partial charge on any atom is 0.227 e. The van der Waals surface area contributed by atoms with Gasteiger partial charge in [-0.05, 0) is 30.3 Å². The van der Waals surface area contributed by atoms with Crippen LogP contribution in [0.25, 0.3) is 22.2 Å². The van der Waals surface area contributed by atoms with Crippen molar-refractivity contribution in [1.82, 2.24) is 14.5 Å². The fraction of sp³-hybridized carbons (Fsp3) is 0.100. The van der Waals surface area contributed by atoms with Crippen molar-refractivity contribution < 1.29 is 0 Å². The Balaban J connectivity index is 1.69. The molecule has 0 saturated heterocycles. The van der Waals surface area contributed by atoms with E-state index in [0.717, 1.165) is 22.6 Å². The minimum Gasteiger partial charge on any atom is -0.397 e. The third kappa shape index (κ3) is 2.82. The van der Waals surface area contributed by atoms with Crippen molar-refractivity contribution in [2.45, 2.75) is 0 Å². The Morgan fingerprint density at radius 3 is 2.73 bits per heavy atom. The standard InChI is InChI=1S/C20H20N6/c1-22-18-8-7-13(11-16(18)21)24-20-23-10-9-17(25-20)15-12-26(2)19-6-4-3-5-14(15)19/h3-12,22H,21H2,1-2H3,(H,23,24,25). The molecule has 4 N–H and O–H groups in total. The van der Waals surface area contributed by atoms with E-state index in [-0.39, 0.29) is 0 Å². The molecular formula is C20H20N6. The molecule has 26 heavy (non-hydrogen) atoms. The summed E-state index contributed by atoms with van der Waals surface area (Å²) in [5, 5.41) is 7.44. The summed E-state index contributed by atoms with van der Waals surface area (Å²) in [6, 6.07) is 15.9. The molecule has 2 aromatic carbocycles. The normalized spacial score (nSPS) is 10.8. The number of aryl methyl sites for hydroxylation is 1. The summed E-state index contributed by atoms with van der Waals surface area (Å²) in [5.74, 6) is 0.534. The largest absolute Gasteiger partial charge is 0.397 e. The molecule has 0 aliphatic heterocycles. The van der Waals surface area contributed by atoms with Gasteiger partial charge in [0.1, 0.15) is 0 Å². The zero-order valence-electron chi connectivity index (χ0n) is 14.7. The average molecular weight is 344 g/mol. The van der Waals surface area contributed by atoms with Crippen LogP contribution in [-0.2, 0) is 7.05 Å². The number of fused-ring (bicyclic) bond motifs is 1. The van der Waals surface area contributed by atoms with Crippen LogP contribution < -0.4 is 16.4 Å². The number of anilines is 4. The highest BCUT2D eigenvalue weighted by molar-refractivity contribution is 5.95. The minimum atomic E-state index is 0.534. The topological polar surface area (TPSA) is 80.8 Å². The zero-order valence-corrected chi connectivity index (χ0v) is 14.7. The van der Waals surface area contributed by atoms with Crippen molar-refractivity contribution in [2.75, 3.05) is 23.4 Å². The Kier molecular flexibility index (Phi) is 3.93. The summed E-state index contributed by atoms with van der Waals surface area (Å²) in [6.45, 7) is 0. The smallest absolute Gasteiger partial charge is 0.227 e. The maximum absolute atomic E-state index is 6.03. The van der Waals surface area contributed by atoms with Gasteiger partial charge in [-0.2, -0.15) is 0 Å². The highest BCUT2D eigenvalue weighted by Gasteiger charge is 2.10. The van der Waals surface area contributed by atoms with Crippen LogP contribution in [-0.4, -0.2) is 21.6 Å². The lowest BCUT2D eigenvalue weighted by atomic mass is 10.1. The summed E-state index contributed by atoms with van der Waals surface area (Å²) >= 11 is 0. The Hall–Kier alpha value is -3.54. The van der Waals surface area contributed by atoms with E-state index in [0.29, 0.717) is 11.6 Å². The summed E-state index contributed by atoms with van der Waals surface area (Å²) in [7, 11) is 3.88. The Morgan fingerprint density at radius 2 is 1.92 bits per heavy atom. The highest BCUT2D eigenvalue weighted by Crippen LogP contribution is 2.30. The van der Waals surface area contributed by atoms with Gasteiger partial charge >= 0.3 is 0 Å². The molecule has 6 nitrogen and oxygen atoms in total. The molecule has 0 unspecified atom stereocenters. The van der Waals surface area contributed by atoms with Crippen molar-refractivity contribution in [1.29, 1.82) is 0 Å². The van der Waals surface area contributed by atoms with Crippen LogP contribution in [0.2, 0.25) is 0 Å². The Morgan fingerprint density at radius 1 is 1.08 bits per heavy atom. The van der Waals surface area contributed by atoms with E-state index in [1.54, 1.807) is 6.20 Å². The maximum atomic E-state index is 6.03. The number of nitrogen functional groups attached to an aromatic ring is 1. The lowest BCUT2D eigenvalue weighted by Crippen LogP contribution is -2.00. The first-order chi connectivity index (χ1) is 12.7. The number of nitrogens with zero attached hydrogens (tertiary/aromatic N) is 3. The average Bonchev–Trinajstić information content (AvgIpc) is 2.99. The third-order valence-electron chi connectivity index (χ3n) is 4.41. The molecule has 0 aliphatic carbocycles. The van der Waals surface area contributed by atoms with E-state index in [2.05, 4.69) is 43.5 Å².